The number of amides is 1. The van der Waals surface area contributed by atoms with E-state index >= 15 is 0 Å². The number of hydrogen-bond acceptors (Lipinski definition) is 4. The molecule has 0 aliphatic carbocycles. The lowest BCUT2D eigenvalue weighted by Gasteiger charge is -2.08. The zero-order valence-electron chi connectivity index (χ0n) is 14.0. The zero-order chi connectivity index (χ0) is 18.7. The van der Waals surface area contributed by atoms with Crippen molar-refractivity contribution in [2.45, 2.75) is 6.54 Å². The molecule has 8 heteroatoms. The summed E-state index contributed by atoms with van der Waals surface area (Å²) >= 11 is 0. The van der Waals surface area contributed by atoms with Crippen molar-refractivity contribution in [3.63, 3.8) is 0 Å². The molecule has 1 heterocycles. The molecular weight excluding hydrogens is 338 g/mol. The summed E-state index contributed by atoms with van der Waals surface area (Å²) in [6, 6.07) is 13.6. The van der Waals surface area contributed by atoms with Gasteiger partial charge in [-0.1, -0.05) is 18.2 Å². The maximum Gasteiger partial charge on any atom is 0.341 e. The molecule has 1 amide bonds. The fourth-order valence-corrected chi connectivity index (χ4v) is 2.67. The van der Waals surface area contributed by atoms with Crippen molar-refractivity contribution in [3.8, 4) is 5.75 Å². The Bertz CT molecular complexity index is 1030. The van der Waals surface area contributed by atoms with Crippen molar-refractivity contribution < 1.29 is 19.4 Å². The van der Waals surface area contributed by atoms with Crippen LogP contribution in [0.3, 0.4) is 0 Å². The lowest BCUT2D eigenvalue weighted by atomic mass is 10.3. The Kier molecular flexibility index (Phi) is 4.74. The number of aryl methyl sites for hydroxylation is 1. The molecule has 1 aromatic heterocycles. The number of hydrogen-bond donors (Lipinski definition) is 2. The standard InChI is InChI=1S/C18H17N3O5/c1-20-14-7-2-3-8-15(14)21(18(20)25)10-16(22)19-12-5-4-6-13(9-12)26-11-17(23)24/h2-9H,10-11H2,1H3,(H,19,22)(H,23,24). The second-order valence-electron chi connectivity index (χ2n) is 5.67. The van der Waals surface area contributed by atoms with Crippen molar-refractivity contribution in [2.24, 2.45) is 7.05 Å². The van der Waals surface area contributed by atoms with Gasteiger partial charge in [0.25, 0.3) is 0 Å². The Hall–Kier alpha value is -3.55. The van der Waals surface area contributed by atoms with Crippen LogP contribution in [-0.4, -0.2) is 32.7 Å². The van der Waals surface area contributed by atoms with E-state index in [1.165, 1.54) is 15.2 Å². The summed E-state index contributed by atoms with van der Waals surface area (Å²) in [5, 5.41) is 11.3. The van der Waals surface area contributed by atoms with Crippen LogP contribution in [0.2, 0.25) is 0 Å². The molecule has 3 rings (SSSR count). The molecule has 8 nitrogen and oxygen atoms in total. The van der Waals surface area contributed by atoms with Gasteiger partial charge in [-0.05, 0) is 24.3 Å². The molecule has 0 bridgehead atoms. The smallest absolute Gasteiger partial charge is 0.341 e. The fraction of sp³-hybridized carbons (Fsp3) is 0.167. The second-order valence-corrected chi connectivity index (χ2v) is 5.67. The lowest BCUT2D eigenvalue weighted by molar-refractivity contribution is -0.139. The van der Waals surface area contributed by atoms with E-state index in [1.807, 2.05) is 12.1 Å². The van der Waals surface area contributed by atoms with Gasteiger partial charge < -0.3 is 15.2 Å². The molecule has 0 spiro atoms. The maximum absolute atomic E-state index is 12.3. The third kappa shape index (κ3) is 3.59. The molecule has 26 heavy (non-hydrogen) atoms. The number of carboxylic acid groups (broad SMARTS) is 1. The third-order valence-electron chi connectivity index (χ3n) is 3.83. The van der Waals surface area contributed by atoms with Gasteiger partial charge in [0.05, 0.1) is 11.0 Å². The van der Waals surface area contributed by atoms with Crippen LogP contribution >= 0.6 is 0 Å². The number of carbonyl (C=O) groups is 2. The fourth-order valence-electron chi connectivity index (χ4n) is 2.67. The topological polar surface area (TPSA) is 103 Å². The minimum atomic E-state index is -1.09. The summed E-state index contributed by atoms with van der Waals surface area (Å²) in [4.78, 5) is 35.2. The number of rotatable bonds is 6. The number of ether oxygens (including phenoxy) is 1. The molecule has 2 aromatic carbocycles. The van der Waals surface area contributed by atoms with Crippen molar-refractivity contribution in [2.75, 3.05) is 11.9 Å². The summed E-state index contributed by atoms with van der Waals surface area (Å²) < 4.78 is 7.97. The van der Waals surface area contributed by atoms with Crippen LogP contribution in [0, 0.1) is 0 Å². The number of carbonyl (C=O) groups excluding carboxylic acids is 1. The summed E-state index contributed by atoms with van der Waals surface area (Å²) in [5.41, 5.74) is 1.59. The van der Waals surface area contributed by atoms with Gasteiger partial charge in [-0.25, -0.2) is 9.59 Å². The van der Waals surface area contributed by atoms with Crippen LogP contribution in [-0.2, 0) is 23.2 Å². The van der Waals surface area contributed by atoms with E-state index in [-0.39, 0.29) is 18.1 Å². The number of imidazole rings is 1. The van der Waals surface area contributed by atoms with Gasteiger partial charge in [-0.3, -0.25) is 13.9 Å². The van der Waals surface area contributed by atoms with Gasteiger partial charge in [0.2, 0.25) is 5.91 Å². The monoisotopic (exact) mass is 355 g/mol. The largest absolute Gasteiger partial charge is 0.482 e. The van der Waals surface area contributed by atoms with Crippen molar-refractivity contribution in [3.05, 3.63) is 59.0 Å². The van der Waals surface area contributed by atoms with Crippen molar-refractivity contribution >= 4 is 28.6 Å². The normalized spacial score (nSPS) is 10.7. The first kappa shape index (κ1) is 17.3. The molecular formula is C18H17N3O5. The molecule has 134 valence electrons. The molecule has 0 saturated heterocycles. The Balaban J connectivity index is 1.76. The van der Waals surface area contributed by atoms with E-state index in [0.29, 0.717) is 17.0 Å². The zero-order valence-corrected chi connectivity index (χ0v) is 14.0. The van der Waals surface area contributed by atoms with Gasteiger partial charge >= 0.3 is 11.7 Å². The Morgan fingerprint density at radius 1 is 1.12 bits per heavy atom. The number of fused-ring (bicyclic) bond motifs is 1. The van der Waals surface area contributed by atoms with E-state index in [2.05, 4.69) is 5.32 Å². The first-order chi connectivity index (χ1) is 12.5. The summed E-state index contributed by atoms with van der Waals surface area (Å²) in [5.74, 6) is -1.14. The van der Waals surface area contributed by atoms with E-state index in [9.17, 15) is 14.4 Å². The number of aliphatic carboxylic acids is 1. The van der Waals surface area contributed by atoms with Gasteiger partial charge in [0.1, 0.15) is 12.3 Å². The number of nitrogens with zero attached hydrogens (tertiary/aromatic N) is 2. The highest BCUT2D eigenvalue weighted by atomic mass is 16.5. The molecule has 0 aliphatic heterocycles. The summed E-state index contributed by atoms with van der Waals surface area (Å²) in [6.07, 6.45) is 0. The predicted molar refractivity (Wildman–Crippen MR) is 95.4 cm³/mol. The quantitative estimate of drug-likeness (QED) is 0.697. The minimum Gasteiger partial charge on any atom is -0.482 e. The maximum atomic E-state index is 12.3. The molecule has 2 N–H and O–H groups in total. The second kappa shape index (κ2) is 7.14. The molecule has 0 fully saturated rings. The Morgan fingerprint density at radius 3 is 2.58 bits per heavy atom. The highest BCUT2D eigenvalue weighted by Gasteiger charge is 2.13. The molecule has 3 aromatic rings. The van der Waals surface area contributed by atoms with Gasteiger partial charge in [0, 0.05) is 18.8 Å². The minimum absolute atomic E-state index is 0.138. The van der Waals surface area contributed by atoms with Crippen LogP contribution < -0.4 is 15.7 Å². The Labute approximate surface area is 148 Å². The van der Waals surface area contributed by atoms with Crippen LogP contribution in [0.25, 0.3) is 11.0 Å². The number of anilines is 1. The lowest BCUT2D eigenvalue weighted by Crippen LogP contribution is -2.28. The van der Waals surface area contributed by atoms with Crippen LogP contribution in [0.1, 0.15) is 0 Å². The highest BCUT2D eigenvalue weighted by Crippen LogP contribution is 2.18. The number of nitrogens with one attached hydrogen (secondary N) is 1. The molecule has 0 radical (unpaired) electrons. The van der Waals surface area contributed by atoms with Crippen LogP contribution in [0.15, 0.2) is 53.3 Å². The third-order valence-corrected chi connectivity index (χ3v) is 3.83. The first-order valence-electron chi connectivity index (χ1n) is 7.84. The first-order valence-corrected chi connectivity index (χ1v) is 7.84. The summed E-state index contributed by atoms with van der Waals surface area (Å²) in [7, 11) is 1.66. The molecule has 0 unspecified atom stereocenters. The van der Waals surface area contributed by atoms with Crippen molar-refractivity contribution in [1.29, 1.82) is 0 Å². The van der Waals surface area contributed by atoms with Crippen molar-refractivity contribution in [1.82, 2.24) is 9.13 Å². The van der Waals surface area contributed by atoms with Gasteiger partial charge in [0.15, 0.2) is 6.61 Å². The summed E-state index contributed by atoms with van der Waals surface area (Å²) in [6.45, 7) is -0.608. The molecule has 0 atom stereocenters. The molecule has 0 saturated carbocycles. The van der Waals surface area contributed by atoms with Gasteiger partial charge in [-0.2, -0.15) is 0 Å². The molecule has 0 aliphatic rings. The average Bonchev–Trinajstić information content (AvgIpc) is 2.85. The number of aromatic nitrogens is 2. The SMILES string of the molecule is Cn1c(=O)n(CC(=O)Nc2cccc(OCC(=O)O)c2)c2ccccc21. The van der Waals surface area contributed by atoms with Crippen LogP contribution in [0.5, 0.6) is 5.75 Å². The number of para-hydroxylation sites is 2. The number of benzene rings is 2. The van der Waals surface area contributed by atoms with E-state index in [4.69, 9.17) is 9.84 Å². The van der Waals surface area contributed by atoms with E-state index in [0.717, 1.165) is 5.52 Å². The van der Waals surface area contributed by atoms with Gasteiger partial charge in [-0.15, -0.1) is 0 Å². The Morgan fingerprint density at radius 2 is 1.85 bits per heavy atom. The average molecular weight is 355 g/mol. The highest BCUT2D eigenvalue weighted by molar-refractivity contribution is 5.91. The predicted octanol–water partition coefficient (Wildman–Crippen LogP) is 1.44. The van der Waals surface area contributed by atoms with E-state index < -0.39 is 12.6 Å². The number of carboxylic acids is 1. The van der Waals surface area contributed by atoms with Crippen LogP contribution in [0.4, 0.5) is 5.69 Å². The van der Waals surface area contributed by atoms with E-state index in [1.54, 1.807) is 37.4 Å².